The van der Waals surface area contributed by atoms with Crippen molar-refractivity contribution in [3.05, 3.63) is 60.2 Å². The van der Waals surface area contributed by atoms with Crippen molar-refractivity contribution in [3.8, 4) is 5.75 Å². The number of ether oxygens (including phenoxy) is 1. The summed E-state index contributed by atoms with van der Waals surface area (Å²) in [6.45, 7) is 0. The molecule has 0 unspecified atom stereocenters. The zero-order valence-corrected chi connectivity index (χ0v) is 12.6. The van der Waals surface area contributed by atoms with Crippen molar-refractivity contribution in [2.24, 2.45) is 0 Å². The van der Waals surface area contributed by atoms with Gasteiger partial charge < -0.3 is 4.74 Å². The molecule has 2 aromatic carbocycles. The molecule has 0 aliphatic rings. The maximum Gasteiger partial charge on any atom is 0.239 e. The summed E-state index contributed by atoms with van der Waals surface area (Å²) in [5, 5.41) is 0. The monoisotopic (exact) mass is 313 g/mol. The predicted octanol–water partition coefficient (Wildman–Crippen LogP) is 2.89. The van der Waals surface area contributed by atoms with Crippen molar-refractivity contribution in [1.29, 1.82) is 0 Å². The summed E-state index contributed by atoms with van der Waals surface area (Å²) in [4.78, 5) is 16.3. The number of nitrogens with one attached hydrogen (secondary N) is 1. The van der Waals surface area contributed by atoms with E-state index in [-0.39, 0.29) is 18.1 Å². The minimum atomic E-state index is -0.425. The van der Waals surface area contributed by atoms with Gasteiger partial charge in [0, 0.05) is 6.42 Å². The van der Waals surface area contributed by atoms with Gasteiger partial charge in [-0.3, -0.25) is 10.2 Å². The van der Waals surface area contributed by atoms with Crippen LogP contribution in [0.1, 0.15) is 12.0 Å². The number of rotatable bonds is 5. The summed E-state index contributed by atoms with van der Waals surface area (Å²) < 4.78 is 20.1. The maximum atomic E-state index is 13.6. The van der Waals surface area contributed by atoms with Crippen LogP contribution in [0.5, 0.6) is 5.75 Å². The fourth-order valence-electron chi connectivity index (χ4n) is 2.36. The topological polar surface area (TPSA) is 56.1 Å². The molecule has 0 spiro atoms. The Hall–Kier alpha value is -2.89. The molecule has 6 heteroatoms. The number of para-hydroxylation sites is 2. The molecule has 118 valence electrons. The van der Waals surface area contributed by atoms with Gasteiger partial charge in [0.15, 0.2) is 11.6 Å². The van der Waals surface area contributed by atoms with Gasteiger partial charge in [0.2, 0.25) is 5.91 Å². The van der Waals surface area contributed by atoms with E-state index in [0.717, 1.165) is 16.6 Å². The van der Waals surface area contributed by atoms with E-state index in [1.165, 1.54) is 13.2 Å². The van der Waals surface area contributed by atoms with Gasteiger partial charge >= 0.3 is 0 Å². The molecule has 1 amide bonds. The summed E-state index contributed by atoms with van der Waals surface area (Å²) in [7, 11) is 1.42. The predicted molar refractivity (Wildman–Crippen MR) is 85.4 cm³/mol. The van der Waals surface area contributed by atoms with Gasteiger partial charge in [-0.15, -0.1) is 0 Å². The normalized spacial score (nSPS) is 10.7. The number of benzene rings is 2. The van der Waals surface area contributed by atoms with Crippen molar-refractivity contribution in [2.45, 2.75) is 12.8 Å². The average molecular weight is 313 g/mol. The number of hydrogen-bond acceptors (Lipinski definition) is 3. The third kappa shape index (κ3) is 3.31. The Kier molecular flexibility index (Phi) is 4.23. The lowest BCUT2D eigenvalue weighted by molar-refractivity contribution is -0.117. The molecule has 0 saturated carbocycles. The largest absolute Gasteiger partial charge is 0.494 e. The number of fused-ring (bicyclic) bond motifs is 1. The molecule has 0 saturated heterocycles. The molecule has 0 aliphatic heterocycles. The Bertz CT molecular complexity index is 845. The second kappa shape index (κ2) is 6.48. The Morgan fingerprint density at radius 1 is 1.30 bits per heavy atom. The molecule has 0 bridgehead atoms. The van der Waals surface area contributed by atoms with Crippen LogP contribution in [0.15, 0.2) is 48.8 Å². The molecule has 0 atom stereocenters. The van der Waals surface area contributed by atoms with Gasteiger partial charge in [0.05, 0.1) is 18.1 Å². The highest BCUT2D eigenvalue weighted by Gasteiger charge is 2.08. The highest BCUT2D eigenvalue weighted by Crippen LogP contribution is 2.18. The summed E-state index contributed by atoms with van der Waals surface area (Å²) >= 11 is 0. The van der Waals surface area contributed by atoms with Crippen molar-refractivity contribution in [2.75, 3.05) is 12.5 Å². The van der Waals surface area contributed by atoms with Crippen LogP contribution in [0.3, 0.4) is 0 Å². The van der Waals surface area contributed by atoms with Gasteiger partial charge in [-0.1, -0.05) is 18.2 Å². The number of hydrogen-bond donors (Lipinski definition) is 1. The number of carbonyl (C=O) groups is 1. The summed E-state index contributed by atoms with van der Waals surface area (Å²) in [6.07, 6.45) is 2.26. The fourth-order valence-corrected chi connectivity index (χ4v) is 2.36. The number of imidazole rings is 1. The number of aromatic nitrogens is 2. The molecule has 5 nitrogen and oxygen atoms in total. The first-order valence-corrected chi connectivity index (χ1v) is 7.22. The van der Waals surface area contributed by atoms with Crippen molar-refractivity contribution >= 4 is 16.9 Å². The van der Waals surface area contributed by atoms with Gasteiger partial charge in [-0.05, 0) is 36.2 Å². The lowest BCUT2D eigenvalue weighted by Crippen LogP contribution is -2.22. The number of amides is 1. The molecule has 1 heterocycles. The molecule has 0 radical (unpaired) electrons. The molecule has 0 fully saturated rings. The molecule has 23 heavy (non-hydrogen) atoms. The van der Waals surface area contributed by atoms with E-state index < -0.39 is 5.82 Å². The van der Waals surface area contributed by atoms with Crippen LogP contribution < -0.4 is 10.2 Å². The second-order valence-electron chi connectivity index (χ2n) is 5.11. The third-order valence-corrected chi connectivity index (χ3v) is 3.56. The standard InChI is InChI=1S/C17H16FN3O2/c1-23-16-8-6-12(10-13(16)18)7-9-17(22)20-21-11-19-14-4-2-3-5-15(14)21/h2-6,8,10-11H,7,9H2,1H3,(H,20,22). The summed E-state index contributed by atoms with van der Waals surface area (Å²) in [5.74, 6) is -0.390. The van der Waals surface area contributed by atoms with Gasteiger partial charge in [-0.2, -0.15) is 0 Å². The zero-order valence-electron chi connectivity index (χ0n) is 12.6. The molecule has 1 N–H and O–H groups in total. The minimum absolute atomic E-state index is 0.163. The van der Waals surface area contributed by atoms with E-state index in [4.69, 9.17) is 4.74 Å². The first kappa shape index (κ1) is 15.0. The zero-order chi connectivity index (χ0) is 16.2. The van der Waals surface area contributed by atoms with Crippen LogP contribution in [0.4, 0.5) is 4.39 Å². The van der Waals surface area contributed by atoms with Crippen LogP contribution in [0, 0.1) is 5.82 Å². The summed E-state index contributed by atoms with van der Waals surface area (Å²) in [6, 6.07) is 12.2. The molecular weight excluding hydrogens is 297 g/mol. The smallest absolute Gasteiger partial charge is 0.239 e. The number of methoxy groups -OCH3 is 1. The molecule has 0 aliphatic carbocycles. The van der Waals surface area contributed by atoms with E-state index >= 15 is 0 Å². The SMILES string of the molecule is COc1ccc(CCC(=O)Nn2cnc3ccccc32)cc1F. The Morgan fingerprint density at radius 2 is 2.13 bits per heavy atom. The Morgan fingerprint density at radius 3 is 2.91 bits per heavy atom. The highest BCUT2D eigenvalue weighted by atomic mass is 19.1. The fraction of sp³-hybridized carbons (Fsp3) is 0.176. The third-order valence-electron chi connectivity index (χ3n) is 3.56. The van der Waals surface area contributed by atoms with E-state index in [1.807, 2.05) is 24.3 Å². The average Bonchev–Trinajstić information content (AvgIpc) is 2.96. The first-order valence-electron chi connectivity index (χ1n) is 7.22. The number of nitrogens with zero attached hydrogens (tertiary/aromatic N) is 2. The van der Waals surface area contributed by atoms with Gasteiger partial charge in [-0.25, -0.2) is 14.1 Å². The van der Waals surface area contributed by atoms with Gasteiger partial charge in [0.25, 0.3) is 0 Å². The lowest BCUT2D eigenvalue weighted by Gasteiger charge is -2.08. The number of carbonyl (C=O) groups excluding carboxylic acids is 1. The van der Waals surface area contributed by atoms with Crippen LogP contribution in [0.25, 0.3) is 11.0 Å². The van der Waals surface area contributed by atoms with Crippen LogP contribution in [-0.2, 0) is 11.2 Å². The Balaban J connectivity index is 1.62. The lowest BCUT2D eigenvalue weighted by atomic mass is 10.1. The van der Waals surface area contributed by atoms with Crippen molar-refractivity contribution in [3.63, 3.8) is 0 Å². The van der Waals surface area contributed by atoms with Crippen LogP contribution in [0.2, 0.25) is 0 Å². The summed E-state index contributed by atoms with van der Waals surface area (Å²) in [5.41, 5.74) is 5.15. The van der Waals surface area contributed by atoms with Gasteiger partial charge in [0.1, 0.15) is 6.33 Å². The quantitative estimate of drug-likeness (QED) is 0.788. The molecule has 3 aromatic rings. The van der Waals surface area contributed by atoms with E-state index in [2.05, 4.69) is 10.4 Å². The first-order chi connectivity index (χ1) is 11.2. The molecule has 1 aromatic heterocycles. The number of aryl methyl sites for hydroxylation is 1. The highest BCUT2D eigenvalue weighted by molar-refractivity contribution is 5.86. The van der Waals surface area contributed by atoms with Crippen molar-refractivity contribution < 1.29 is 13.9 Å². The Labute approximate surface area is 132 Å². The van der Waals surface area contributed by atoms with Crippen LogP contribution in [-0.4, -0.2) is 22.7 Å². The second-order valence-corrected chi connectivity index (χ2v) is 5.11. The number of halogens is 1. The maximum absolute atomic E-state index is 13.6. The molecular formula is C17H16FN3O2. The van der Waals surface area contributed by atoms with E-state index in [9.17, 15) is 9.18 Å². The van der Waals surface area contributed by atoms with E-state index in [1.54, 1.807) is 23.1 Å². The van der Waals surface area contributed by atoms with Crippen molar-refractivity contribution in [1.82, 2.24) is 9.66 Å². The minimum Gasteiger partial charge on any atom is -0.494 e. The molecule has 3 rings (SSSR count). The van der Waals surface area contributed by atoms with Crippen LogP contribution >= 0.6 is 0 Å². The van der Waals surface area contributed by atoms with E-state index in [0.29, 0.717) is 6.42 Å².